The van der Waals surface area contributed by atoms with Crippen molar-refractivity contribution < 1.29 is 8.42 Å². The minimum absolute atomic E-state index is 0.114. The van der Waals surface area contributed by atoms with E-state index in [4.69, 9.17) is 0 Å². The first kappa shape index (κ1) is 13.0. The molecule has 1 aliphatic heterocycles. The molecule has 1 aromatic rings. The highest BCUT2D eigenvalue weighted by Gasteiger charge is 2.33. The van der Waals surface area contributed by atoms with Crippen molar-refractivity contribution in [2.45, 2.75) is 36.6 Å². The number of hydrogen-bond acceptors (Lipinski definition) is 3. The number of alkyl halides is 1. The first-order valence-corrected chi connectivity index (χ1v) is 8.29. The number of nitrogens with one attached hydrogen (secondary N) is 1. The standard InChI is InChI=1S/C10H16BrN3O2S/c11-5-4-9-3-1-2-6-14(9)17(15,16)10-7-12-13-8-10/h7-9H,1-6H2,(H,12,13). The smallest absolute Gasteiger partial charge is 0.246 e. The Morgan fingerprint density at radius 2 is 2.35 bits per heavy atom. The number of sulfonamides is 1. The molecule has 1 aliphatic rings. The number of H-pyrrole nitrogens is 1. The molecule has 0 radical (unpaired) electrons. The Kier molecular flexibility index (Phi) is 4.22. The van der Waals surface area contributed by atoms with Crippen molar-refractivity contribution in [1.29, 1.82) is 0 Å². The van der Waals surface area contributed by atoms with Gasteiger partial charge in [-0.25, -0.2) is 8.42 Å². The van der Waals surface area contributed by atoms with E-state index in [0.29, 0.717) is 6.54 Å². The molecule has 1 atom stereocenters. The van der Waals surface area contributed by atoms with Gasteiger partial charge in [0.2, 0.25) is 10.0 Å². The van der Waals surface area contributed by atoms with Gasteiger partial charge >= 0.3 is 0 Å². The van der Waals surface area contributed by atoms with Crippen LogP contribution < -0.4 is 0 Å². The zero-order valence-electron chi connectivity index (χ0n) is 9.47. The Labute approximate surface area is 110 Å². The van der Waals surface area contributed by atoms with Crippen molar-refractivity contribution >= 4 is 26.0 Å². The molecule has 5 nitrogen and oxygen atoms in total. The highest BCUT2D eigenvalue weighted by atomic mass is 79.9. The molecule has 0 amide bonds. The molecule has 1 aromatic heterocycles. The number of piperidine rings is 1. The van der Waals surface area contributed by atoms with Crippen LogP contribution in [-0.4, -0.2) is 40.8 Å². The largest absolute Gasteiger partial charge is 0.284 e. The molecular weight excluding hydrogens is 306 g/mol. The third-order valence-corrected chi connectivity index (χ3v) is 5.47. The maximum Gasteiger partial charge on any atom is 0.246 e. The van der Waals surface area contributed by atoms with E-state index in [1.807, 2.05) is 0 Å². The van der Waals surface area contributed by atoms with Gasteiger partial charge in [-0.1, -0.05) is 22.4 Å². The summed E-state index contributed by atoms with van der Waals surface area (Å²) in [6.07, 6.45) is 6.66. The van der Waals surface area contributed by atoms with Gasteiger partial charge in [-0.2, -0.15) is 9.40 Å². The Morgan fingerprint density at radius 3 is 3.00 bits per heavy atom. The van der Waals surface area contributed by atoms with Gasteiger partial charge in [-0.15, -0.1) is 0 Å². The van der Waals surface area contributed by atoms with E-state index in [1.165, 1.54) is 12.4 Å². The van der Waals surface area contributed by atoms with Crippen molar-refractivity contribution in [1.82, 2.24) is 14.5 Å². The summed E-state index contributed by atoms with van der Waals surface area (Å²) >= 11 is 3.39. The van der Waals surface area contributed by atoms with Crippen LogP contribution in [0.15, 0.2) is 17.3 Å². The molecular formula is C10H16BrN3O2S. The van der Waals surface area contributed by atoms with E-state index in [-0.39, 0.29) is 10.9 Å². The number of aromatic nitrogens is 2. The first-order valence-electron chi connectivity index (χ1n) is 5.73. The van der Waals surface area contributed by atoms with Crippen LogP contribution in [0.2, 0.25) is 0 Å². The topological polar surface area (TPSA) is 66.1 Å². The van der Waals surface area contributed by atoms with Gasteiger partial charge in [-0.05, 0) is 19.3 Å². The highest BCUT2D eigenvalue weighted by Crippen LogP contribution is 2.26. The van der Waals surface area contributed by atoms with Crippen LogP contribution >= 0.6 is 15.9 Å². The average molecular weight is 322 g/mol. The van der Waals surface area contributed by atoms with Gasteiger partial charge in [0.1, 0.15) is 4.90 Å². The van der Waals surface area contributed by atoms with E-state index >= 15 is 0 Å². The molecule has 0 spiro atoms. The summed E-state index contributed by atoms with van der Waals surface area (Å²) in [6, 6.07) is 0.114. The number of aromatic amines is 1. The van der Waals surface area contributed by atoms with Crippen molar-refractivity contribution in [2.75, 3.05) is 11.9 Å². The van der Waals surface area contributed by atoms with E-state index < -0.39 is 10.0 Å². The first-order chi connectivity index (χ1) is 8.16. The monoisotopic (exact) mass is 321 g/mol. The molecule has 0 aromatic carbocycles. The zero-order chi connectivity index (χ0) is 12.3. The summed E-state index contributed by atoms with van der Waals surface area (Å²) in [4.78, 5) is 0.263. The van der Waals surface area contributed by atoms with E-state index in [2.05, 4.69) is 26.1 Å². The molecule has 2 heterocycles. The van der Waals surface area contributed by atoms with Crippen LogP contribution in [0.4, 0.5) is 0 Å². The maximum absolute atomic E-state index is 12.4. The lowest BCUT2D eigenvalue weighted by atomic mass is 10.0. The summed E-state index contributed by atoms with van der Waals surface area (Å²) in [5.74, 6) is 0. The van der Waals surface area contributed by atoms with Gasteiger partial charge in [0, 0.05) is 24.1 Å². The fraction of sp³-hybridized carbons (Fsp3) is 0.700. The van der Waals surface area contributed by atoms with Crippen LogP contribution in [0.3, 0.4) is 0 Å². The van der Waals surface area contributed by atoms with Gasteiger partial charge in [0.15, 0.2) is 0 Å². The molecule has 1 fully saturated rings. The number of hydrogen-bond donors (Lipinski definition) is 1. The summed E-state index contributed by atoms with van der Waals surface area (Å²) in [5.41, 5.74) is 0. The summed E-state index contributed by atoms with van der Waals surface area (Å²) < 4.78 is 26.4. The average Bonchev–Trinajstić information content (AvgIpc) is 2.84. The van der Waals surface area contributed by atoms with Gasteiger partial charge in [0.25, 0.3) is 0 Å². The number of halogens is 1. The molecule has 0 bridgehead atoms. The summed E-state index contributed by atoms with van der Waals surface area (Å²) in [7, 11) is -3.37. The second kappa shape index (κ2) is 5.49. The molecule has 1 unspecified atom stereocenters. The van der Waals surface area contributed by atoms with Gasteiger partial charge in [0.05, 0.1) is 6.20 Å². The van der Waals surface area contributed by atoms with E-state index in [0.717, 1.165) is 31.0 Å². The van der Waals surface area contributed by atoms with Crippen LogP contribution in [0, 0.1) is 0 Å². The molecule has 2 rings (SSSR count). The maximum atomic E-state index is 12.4. The van der Waals surface area contributed by atoms with Gasteiger partial charge < -0.3 is 0 Å². The normalized spacial score (nSPS) is 22.8. The fourth-order valence-electron chi connectivity index (χ4n) is 2.22. The third-order valence-electron chi connectivity index (χ3n) is 3.10. The van der Waals surface area contributed by atoms with Crippen LogP contribution in [0.1, 0.15) is 25.7 Å². The van der Waals surface area contributed by atoms with Gasteiger partial charge in [-0.3, -0.25) is 5.10 Å². The number of rotatable bonds is 4. The fourth-order valence-corrected chi connectivity index (χ4v) is 4.38. The minimum atomic E-state index is -3.37. The third kappa shape index (κ3) is 2.71. The van der Waals surface area contributed by atoms with Crippen LogP contribution in [0.5, 0.6) is 0 Å². The SMILES string of the molecule is O=S(=O)(c1cn[nH]c1)N1CCCCC1CCBr. The van der Waals surface area contributed by atoms with Crippen molar-refractivity contribution in [3.63, 3.8) is 0 Å². The lowest BCUT2D eigenvalue weighted by Gasteiger charge is -2.34. The van der Waals surface area contributed by atoms with Crippen LogP contribution in [-0.2, 0) is 10.0 Å². The lowest BCUT2D eigenvalue weighted by Crippen LogP contribution is -2.43. The van der Waals surface area contributed by atoms with E-state index in [9.17, 15) is 8.42 Å². The second-order valence-corrected chi connectivity index (χ2v) is 6.86. The molecule has 17 heavy (non-hydrogen) atoms. The quantitative estimate of drug-likeness (QED) is 0.859. The summed E-state index contributed by atoms with van der Waals surface area (Å²) in [6.45, 7) is 0.616. The molecule has 1 saturated heterocycles. The van der Waals surface area contributed by atoms with Crippen LogP contribution in [0.25, 0.3) is 0 Å². The Bertz CT molecular complexity index is 444. The second-order valence-electron chi connectivity index (χ2n) is 4.18. The Balaban J connectivity index is 2.24. The van der Waals surface area contributed by atoms with Crippen molar-refractivity contribution in [2.24, 2.45) is 0 Å². The molecule has 96 valence electrons. The predicted octanol–water partition coefficient (Wildman–Crippen LogP) is 1.74. The van der Waals surface area contributed by atoms with Crippen molar-refractivity contribution in [3.05, 3.63) is 12.4 Å². The highest BCUT2D eigenvalue weighted by molar-refractivity contribution is 9.09. The zero-order valence-corrected chi connectivity index (χ0v) is 11.9. The predicted molar refractivity (Wildman–Crippen MR) is 68.5 cm³/mol. The summed E-state index contributed by atoms with van der Waals surface area (Å²) in [5, 5.41) is 7.10. The minimum Gasteiger partial charge on any atom is -0.284 e. The molecule has 1 N–H and O–H groups in total. The Morgan fingerprint density at radius 1 is 1.53 bits per heavy atom. The van der Waals surface area contributed by atoms with Crippen molar-refractivity contribution in [3.8, 4) is 0 Å². The lowest BCUT2D eigenvalue weighted by molar-refractivity contribution is 0.248. The van der Waals surface area contributed by atoms with E-state index in [1.54, 1.807) is 4.31 Å². The molecule has 0 saturated carbocycles. The number of nitrogens with zero attached hydrogens (tertiary/aromatic N) is 2. The molecule has 0 aliphatic carbocycles. The molecule has 7 heteroatoms. The Hall–Kier alpha value is -0.400.